The molecule has 2 aromatic carbocycles. The second-order valence-electron chi connectivity index (χ2n) is 7.88. The number of carbonyl (C=O) groups is 2. The maximum Gasteiger partial charge on any atom is 0.338 e. The summed E-state index contributed by atoms with van der Waals surface area (Å²) in [6.07, 6.45) is 1.83. The van der Waals surface area contributed by atoms with E-state index in [9.17, 15) is 14.4 Å². The standard InChI is InChI=1S/C26H24N2O5S/c1-5-32-25(31)22-16(3)27-26-28(23(22)19-10-12-20(13-11-19)33-17(4)29)24(30)21(34-26)14-18-8-6-15(2)7-9-18/h6-14,23H,5H2,1-4H3/b21-14+. The Morgan fingerprint density at radius 2 is 1.76 bits per heavy atom. The summed E-state index contributed by atoms with van der Waals surface area (Å²) in [6, 6.07) is 13.9. The predicted molar refractivity (Wildman–Crippen MR) is 129 cm³/mol. The smallest absolute Gasteiger partial charge is 0.338 e. The molecular weight excluding hydrogens is 452 g/mol. The van der Waals surface area contributed by atoms with Gasteiger partial charge in [-0.3, -0.25) is 14.2 Å². The number of aryl methyl sites for hydroxylation is 1. The normalized spacial score (nSPS) is 15.5. The lowest BCUT2D eigenvalue weighted by atomic mass is 9.96. The molecule has 1 aromatic heterocycles. The van der Waals surface area contributed by atoms with Gasteiger partial charge in [0.2, 0.25) is 0 Å². The van der Waals surface area contributed by atoms with Crippen molar-refractivity contribution in [3.63, 3.8) is 0 Å². The van der Waals surface area contributed by atoms with Crippen molar-refractivity contribution in [2.45, 2.75) is 33.7 Å². The van der Waals surface area contributed by atoms with E-state index in [1.54, 1.807) is 38.1 Å². The molecule has 0 radical (unpaired) electrons. The average molecular weight is 477 g/mol. The van der Waals surface area contributed by atoms with Gasteiger partial charge in [0.15, 0.2) is 4.80 Å². The number of carbonyl (C=O) groups excluding carboxylic acids is 2. The van der Waals surface area contributed by atoms with Crippen molar-refractivity contribution in [3.8, 4) is 5.75 Å². The van der Waals surface area contributed by atoms with Crippen molar-refractivity contribution in [1.82, 2.24) is 4.57 Å². The number of ether oxygens (including phenoxy) is 2. The molecule has 0 saturated carbocycles. The van der Waals surface area contributed by atoms with Crippen molar-refractivity contribution in [1.29, 1.82) is 0 Å². The molecule has 2 heterocycles. The second-order valence-corrected chi connectivity index (χ2v) is 8.88. The Hall–Kier alpha value is -3.78. The fraction of sp³-hybridized carbons (Fsp3) is 0.231. The lowest BCUT2D eigenvalue weighted by molar-refractivity contribution is -0.139. The van der Waals surface area contributed by atoms with E-state index in [1.807, 2.05) is 37.3 Å². The Morgan fingerprint density at radius 1 is 1.09 bits per heavy atom. The zero-order chi connectivity index (χ0) is 24.4. The molecular formula is C26H24N2O5S. The molecule has 0 bridgehead atoms. The molecule has 0 amide bonds. The van der Waals surface area contributed by atoms with Gasteiger partial charge in [0.1, 0.15) is 5.75 Å². The van der Waals surface area contributed by atoms with Crippen molar-refractivity contribution < 1.29 is 19.1 Å². The number of rotatable bonds is 5. The molecule has 4 rings (SSSR count). The van der Waals surface area contributed by atoms with Crippen LogP contribution < -0.4 is 19.6 Å². The van der Waals surface area contributed by atoms with Crippen LogP contribution in [-0.2, 0) is 14.3 Å². The Balaban J connectivity index is 1.89. The minimum absolute atomic E-state index is 0.200. The third-order valence-electron chi connectivity index (χ3n) is 5.35. The van der Waals surface area contributed by atoms with Crippen LogP contribution in [0.1, 0.15) is 43.5 Å². The molecule has 0 spiro atoms. The number of thiazole rings is 1. The minimum atomic E-state index is -0.721. The van der Waals surface area contributed by atoms with Crippen molar-refractivity contribution in [3.05, 3.63) is 96.2 Å². The van der Waals surface area contributed by atoms with E-state index >= 15 is 0 Å². The molecule has 34 heavy (non-hydrogen) atoms. The number of nitrogens with zero attached hydrogens (tertiary/aromatic N) is 2. The monoisotopic (exact) mass is 476 g/mol. The van der Waals surface area contributed by atoms with Crippen LogP contribution in [0.3, 0.4) is 0 Å². The van der Waals surface area contributed by atoms with Gasteiger partial charge in [-0.25, -0.2) is 9.79 Å². The summed E-state index contributed by atoms with van der Waals surface area (Å²) < 4.78 is 12.5. The van der Waals surface area contributed by atoms with E-state index in [0.29, 0.717) is 31.9 Å². The number of fused-ring (bicyclic) bond motifs is 1. The van der Waals surface area contributed by atoms with Crippen LogP contribution in [0.4, 0.5) is 0 Å². The Kier molecular flexibility index (Phi) is 6.61. The van der Waals surface area contributed by atoms with Gasteiger partial charge in [-0.05, 0) is 50.1 Å². The summed E-state index contributed by atoms with van der Waals surface area (Å²) in [5, 5.41) is 0. The first-order valence-electron chi connectivity index (χ1n) is 10.8. The number of aromatic nitrogens is 1. The van der Waals surface area contributed by atoms with Gasteiger partial charge in [-0.15, -0.1) is 0 Å². The van der Waals surface area contributed by atoms with Crippen molar-refractivity contribution >= 4 is 29.4 Å². The van der Waals surface area contributed by atoms with Crippen LogP contribution in [-0.4, -0.2) is 23.1 Å². The largest absolute Gasteiger partial charge is 0.463 e. The number of hydrogen-bond donors (Lipinski definition) is 0. The molecule has 7 nitrogen and oxygen atoms in total. The van der Waals surface area contributed by atoms with Crippen LogP contribution in [0, 0.1) is 6.92 Å². The van der Waals surface area contributed by atoms with Gasteiger partial charge in [0.25, 0.3) is 5.56 Å². The first kappa shape index (κ1) is 23.4. The molecule has 0 fully saturated rings. The zero-order valence-corrected chi connectivity index (χ0v) is 20.1. The molecule has 174 valence electrons. The first-order valence-corrected chi connectivity index (χ1v) is 11.6. The highest BCUT2D eigenvalue weighted by Crippen LogP contribution is 2.31. The highest BCUT2D eigenvalue weighted by molar-refractivity contribution is 7.07. The Morgan fingerprint density at radius 3 is 2.38 bits per heavy atom. The van der Waals surface area contributed by atoms with Gasteiger partial charge < -0.3 is 9.47 Å². The topological polar surface area (TPSA) is 87.0 Å². The van der Waals surface area contributed by atoms with Crippen molar-refractivity contribution in [2.75, 3.05) is 6.61 Å². The molecule has 0 N–H and O–H groups in total. The number of allylic oxidation sites excluding steroid dienone is 1. The van der Waals surface area contributed by atoms with E-state index in [-0.39, 0.29) is 12.2 Å². The summed E-state index contributed by atoms with van der Waals surface area (Å²) in [4.78, 5) is 42.8. The highest BCUT2D eigenvalue weighted by atomic mass is 32.1. The Bertz CT molecular complexity index is 1460. The summed E-state index contributed by atoms with van der Waals surface area (Å²) in [5.74, 6) is -0.577. The predicted octanol–water partition coefficient (Wildman–Crippen LogP) is 3.03. The van der Waals surface area contributed by atoms with Gasteiger partial charge >= 0.3 is 11.9 Å². The third-order valence-corrected chi connectivity index (χ3v) is 6.33. The maximum atomic E-state index is 13.6. The fourth-order valence-electron chi connectivity index (χ4n) is 3.81. The highest BCUT2D eigenvalue weighted by Gasteiger charge is 2.33. The van der Waals surface area contributed by atoms with E-state index in [0.717, 1.165) is 11.1 Å². The van der Waals surface area contributed by atoms with Crippen LogP contribution in [0.5, 0.6) is 5.75 Å². The van der Waals surface area contributed by atoms with Crippen LogP contribution in [0.15, 0.2) is 69.6 Å². The van der Waals surface area contributed by atoms with Gasteiger partial charge in [0.05, 0.1) is 28.5 Å². The summed E-state index contributed by atoms with van der Waals surface area (Å²) >= 11 is 1.27. The summed E-state index contributed by atoms with van der Waals surface area (Å²) in [5.41, 5.74) is 3.26. The lowest BCUT2D eigenvalue weighted by Crippen LogP contribution is -2.39. The summed E-state index contributed by atoms with van der Waals surface area (Å²) in [7, 11) is 0. The van der Waals surface area contributed by atoms with Crippen molar-refractivity contribution in [2.24, 2.45) is 4.99 Å². The number of benzene rings is 2. The average Bonchev–Trinajstić information content (AvgIpc) is 3.09. The Labute approximate surface area is 200 Å². The first-order chi connectivity index (χ1) is 16.3. The second kappa shape index (κ2) is 9.61. The minimum Gasteiger partial charge on any atom is -0.463 e. The number of hydrogen-bond acceptors (Lipinski definition) is 7. The fourth-order valence-corrected chi connectivity index (χ4v) is 4.85. The van der Waals surface area contributed by atoms with E-state index < -0.39 is 18.0 Å². The molecule has 3 aromatic rings. The van der Waals surface area contributed by atoms with E-state index in [4.69, 9.17) is 9.47 Å². The molecule has 1 aliphatic heterocycles. The molecule has 1 aliphatic rings. The molecule has 1 unspecified atom stereocenters. The van der Waals surface area contributed by atoms with Crippen LogP contribution >= 0.6 is 11.3 Å². The van der Waals surface area contributed by atoms with Crippen LogP contribution in [0.2, 0.25) is 0 Å². The molecule has 0 aliphatic carbocycles. The SMILES string of the molecule is CCOC(=O)C1=C(C)N=c2s/c(=C/c3ccc(C)cc3)c(=O)n2C1c1ccc(OC(C)=O)cc1. The maximum absolute atomic E-state index is 13.6. The zero-order valence-electron chi connectivity index (χ0n) is 19.3. The molecule has 1 atom stereocenters. The van der Waals surface area contributed by atoms with E-state index in [1.165, 1.54) is 22.8 Å². The summed E-state index contributed by atoms with van der Waals surface area (Å²) in [6.45, 7) is 7.00. The third kappa shape index (κ3) is 4.63. The molecule has 0 saturated heterocycles. The molecule has 8 heteroatoms. The van der Waals surface area contributed by atoms with E-state index in [2.05, 4.69) is 4.99 Å². The van der Waals surface area contributed by atoms with Gasteiger partial charge in [-0.1, -0.05) is 53.3 Å². The van der Waals surface area contributed by atoms with Crippen LogP contribution in [0.25, 0.3) is 6.08 Å². The lowest BCUT2D eigenvalue weighted by Gasteiger charge is -2.24. The van der Waals surface area contributed by atoms with Gasteiger partial charge in [-0.2, -0.15) is 0 Å². The van der Waals surface area contributed by atoms with Gasteiger partial charge in [0, 0.05) is 6.92 Å². The number of esters is 2. The quantitative estimate of drug-likeness (QED) is 0.417.